The molecule has 2 saturated heterocycles. The van der Waals surface area contributed by atoms with Gasteiger partial charge in [0.15, 0.2) is 0 Å². The number of carbonyl (C=O) groups excluding carboxylic acids is 1. The van der Waals surface area contributed by atoms with Crippen LogP contribution in [0.4, 0.5) is 10.1 Å². The number of hydrogen-bond acceptors (Lipinski definition) is 5. The molecule has 0 spiro atoms. The Bertz CT molecular complexity index is 1600. The van der Waals surface area contributed by atoms with Crippen LogP contribution in [-0.4, -0.2) is 36.8 Å². The number of nitrogens with zero attached hydrogens (tertiary/aromatic N) is 3. The monoisotopic (exact) mass is 593 g/mol. The van der Waals surface area contributed by atoms with Crippen molar-refractivity contribution in [3.05, 3.63) is 78.0 Å². The molecule has 0 radical (unpaired) electrons. The lowest BCUT2D eigenvalue weighted by molar-refractivity contribution is -0.215. The van der Waals surface area contributed by atoms with Gasteiger partial charge < -0.3 is 14.4 Å². The van der Waals surface area contributed by atoms with E-state index in [1.807, 2.05) is 49.1 Å². The van der Waals surface area contributed by atoms with Crippen LogP contribution in [0, 0.1) is 22.2 Å². The minimum absolute atomic E-state index is 0.0729. The highest BCUT2D eigenvalue weighted by Crippen LogP contribution is 2.71. The van der Waals surface area contributed by atoms with Gasteiger partial charge in [-0.1, -0.05) is 36.4 Å². The van der Waals surface area contributed by atoms with Crippen LogP contribution in [0.5, 0.6) is 5.88 Å². The first-order valence-corrected chi connectivity index (χ1v) is 15.8. The summed E-state index contributed by atoms with van der Waals surface area (Å²) in [5.74, 6) is 0.612. The van der Waals surface area contributed by atoms with E-state index in [1.54, 1.807) is 13.3 Å². The second-order valence-electron chi connectivity index (χ2n) is 14.6. The maximum absolute atomic E-state index is 14.4. The Morgan fingerprint density at radius 3 is 2.34 bits per heavy atom. The first-order chi connectivity index (χ1) is 21.0. The van der Waals surface area contributed by atoms with Gasteiger partial charge in [0.1, 0.15) is 5.67 Å². The van der Waals surface area contributed by atoms with E-state index in [1.165, 1.54) is 5.56 Å². The number of benzene rings is 2. The zero-order valence-electron chi connectivity index (χ0n) is 25.9. The number of hydrogen-bond donors (Lipinski definition) is 0. The normalized spacial score (nSPS) is 30.1. The number of methoxy groups -OCH3 is 1. The number of alkyl halides is 1. The van der Waals surface area contributed by atoms with Crippen LogP contribution in [0.2, 0.25) is 0 Å². The molecule has 4 bridgehead atoms. The Morgan fingerprint density at radius 2 is 1.73 bits per heavy atom. The van der Waals surface area contributed by atoms with Gasteiger partial charge in [0.05, 0.1) is 30.8 Å². The highest BCUT2D eigenvalue weighted by atomic mass is 19.1. The molecule has 7 heteroatoms. The Kier molecular flexibility index (Phi) is 6.68. The number of rotatable bonds is 9. The van der Waals surface area contributed by atoms with Gasteiger partial charge in [-0.15, -0.1) is 0 Å². The van der Waals surface area contributed by atoms with E-state index in [0.717, 1.165) is 48.1 Å². The van der Waals surface area contributed by atoms with Gasteiger partial charge in [-0.05, 0) is 105 Å². The molecule has 9 rings (SSSR count). The van der Waals surface area contributed by atoms with Crippen LogP contribution in [-0.2, 0) is 20.5 Å². The van der Waals surface area contributed by atoms with Crippen molar-refractivity contribution in [1.82, 2.24) is 4.98 Å². The molecule has 2 aromatic carbocycles. The third-order valence-corrected chi connectivity index (χ3v) is 11.0. The topological polar surface area (TPSA) is 75.4 Å². The van der Waals surface area contributed by atoms with Gasteiger partial charge in [-0.25, -0.2) is 9.37 Å². The quantitative estimate of drug-likeness (QED) is 0.255. The largest absolute Gasteiger partial charge is 0.481 e. The average molecular weight is 594 g/mol. The Hall–Kier alpha value is -3.76. The fourth-order valence-electron chi connectivity index (χ4n) is 8.27. The summed E-state index contributed by atoms with van der Waals surface area (Å²) in [5, 5.41) is 9.55. The van der Waals surface area contributed by atoms with Crippen LogP contribution < -0.4 is 9.64 Å². The maximum Gasteiger partial charge on any atom is 0.227 e. The summed E-state index contributed by atoms with van der Waals surface area (Å²) in [6.07, 6.45) is 7.35. The molecule has 4 saturated carbocycles. The van der Waals surface area contributed by atoms with Crippen LogP contribution in [0.25, 0.3) is 11.1 Å². The molecule has 0 atom stereocenters. The van der Waals surface area contributed by atoms with E-state index in [2.05, 4.69) is 41.4 Å². The maximum atomic E-state index is 14.4. The van der Waals surface area contributed by atoms with Crippen molar-refractivity contribution in [2.75, 3.05) is 25.2 Å². The lowest BCUT2D eigenvalue weighted by atomic mass is 9.41. The van der Waals surface area contributed by atoms with Crippen molar-refractivity contribution in [3.8, 4) is 23.1 Å². The Labute approximate surface area is 259 Å². The van der Waals surface area contributed by atoms with Gasteiger partial charge in [0, 0.05) is 36.3 Å². The lowest BCUT2D eigenvalue weighted by Gasteiger charge is -2.66. The minimum atomic E-state index is -1.03. The minimum Gasteiger partial charge on any atom is -0.481 e. The second kappa shape index (κ2) is 10.1. The van der Waals surface area contributed by atoms with Crippen molar-refractivity contribution in [1.29, 1.82) is 5.26 Å². The van der Waals surface area contributed by atoms with Gasteiger partial charge in [-0.3, -0.25) is 4.79 Å². The van der Waals surface area contributed by atoms with E-state index < -0.39 is 11.1 Å². The molecule has 0 unspecified atom stereocenters. The van der Waals surface area contributed by atoms with Crippen molar-refractivity contribution >= 4 is 11.6 Å². The molecule has 1 amide bonds. The number of pyridine rings is 1. The number of nitriles is 1. The highest BCUT2D eigenvalue weighted by molar-refractivity contribution is 5.95. The molecule has 6 fully saturated rings. The third-order valence-electron chi connectivity index (χ3n) is 11.0. The van der Waals surface area contributed by atoms with Gasteiger partial charge in [0.25, 0.3) is 0 Å². The first kappa shape index (κ1) is 29.0. The van der Waals surface area contributed by atoms with Crippen LogP contribution in [0.1, 0.15) is 76.3 Å². The fraction of sp³-hybridized carbons (Fsp3) is 0.486. The fourth-order valence-corrected chi connectivity index (χ4v) is 8.27. The molecular weight excluding hydrogens is 553 g/mol. The SMILES string of the molecule is COc1cc(-c2cccc(N(CC34CCC(c5ccc(C(C)(C)C#N)cc5)(CC3)OC4)C(=O)CC34CC(F)(C3)C4)c2)ccn1. The zero-order chi connectivity index (χ0) is 30.8. The molecule has 6 nitrogen and oxygen atoms in total. The number of carbonyl (C=O) groups is 1. The van der Waals surface area contributed by atoms with Gasteiger partial charge in [-0.2, -0.15) is 5.26 Å². The number of amides is 1. The number of fused-ring (bicyclic) bond motifs is 3. The predicted octanol–water partition coefficient (Wildman–Crippen LogP) is 7.66. The summed E-state index contributed by atoms with van der Waals surface area (Å²) in [6, 6.07) is 22.7. The standard InChI is InChI=1S/C37H40FN3O3/c1-33(2,23-39)28-7-9-29(10-8-28)37-14-12-34(13-15-37,25-44-37)24-41(32(42)19-35-20-36(38,21-35)22-35)30-6-4-5-26(17-30)27-11-16-40-31(18-27)43-3/h4-11,16-18H,12-15,19-22,24-25H2,1-3H3. The van der Waals surface area contributed by atoms with E-state index in [0.29, 0.717) is 44.7 Å². The van der Waals surface area contributed by atoms with Crippen LogP contribution in [0.15, 0.2) is 66.9 Å². The Balaban J connectivity index is 1.13. The van der Waals surface area contributed by atoms with Gasteiger partial charge >= 0.3 is 0 Å². The van der Waals surface area contributed by atoms with Crippen molar-refractivity contribution in [2.45, 2.75) is 81.9 Å². The predicted molar refractivity (Wildman–Crippen MR) is 167 cm³/mol. The van der Waals surface area contributed by atoms with Gasteiger partial charge in [0.2, 0.25) is 11.8 Å². The molecular formula is C37H40FN3O3. The van der Waals surface area contributed by atoms with E-state index in [4.69, 9.17) is 9.47 Å². The molecule has 3 heterocycles. The highest BCUT2D eigenvalue weighted by Gasteiger charge is 2.69. The molecule has 1 aromatic heterocycles. The number of anilines is 1. The Morgan fingerprint density at radius 1 is 1.02 bits per heavy atom. The van der Waals surface area contributed by atoms with E-state index in [-0.39, 0.29) is 22.3 Å². The van der Waals surface area contributed by atoms with Crippen molar-refractivity contribution in [3.63, 3.8) is 0 Å². The third kappa shape index (κ3) is 4.88. The van der Waals surface area contributed by atoms with Crippen LogP contribution in [0.3, 0.4) is 0 Å². The summed E-state index contributed by atoms with van der Waals surface area (Å²) < 4.78 is 26.5. The summed E-state index contributed by atoms with van der Waals surface area (Å²) >= 11 is 0. The molecule has 228 valence electrons. The summed E-state index contributed by atoms with van der Waals surface area (Å²) in [6.45, 7) is 5.04. The summed E-state index contributed by atoms with van der Waals surface area (Å²) in [5.41, 5.74) is 2.78. The molecule has 2 aliphatic heterocycles. The molecule has 44 heavy (non-hydrogen) atoms. The summed E-state index contributed by atoms with van der Waals surface area (Å²) in [7, 11) is 1.60. The molecule has 3 aromatic rings. The number of halogens is 1. The smallest absolute Gasteiger partial charge is 0.227 e. The summed E-state index contributed by atoms with van der Waals surface area (Å²) in [4.78, 5) is 20.3. The molecule has 4 aliphatic carbocycles. The average Bonchev–Trinajstić information content (AvgIpc) is 3.03. The van der Waals surface area contributed by atoms with E-state index >= 15 is 0 Å². The lowest BCUT2D eigenvalue weighted by Crippen LogP contribution is -2.65. The second-order valence-corrected chi connectivity index (χ2v) is 14.6. The van der Waals surface area contributed by atoms with E-state index in [9.17, 15) is 14.4 Å². The molecule has 0 N–H and O–H groups in total. The zero-order valence-corrected chi connectivity index (χ0v) is 25.9. The van der Waals surface area contributed by atoms with Crippen molar-refractivity contribution in [2.24, 2.45) is 10.8 Å². The molecule has 6 aliphatic rings. The first-order valence-electron chi connectivity index (χ1n) is 15.8. The number of aromatic nitrogens is 1. The van der Waals surface area contributed by atoms with Crippen molar-refractivity contribution < 1.29 is 18.7 Å². The number of ether oxygens (including phenoxy) is 2. The van der Waals surface area contributed by atoms with Crippen LogP contribution >= 0.6 is 0 Å².